The van der Waals surface area contributed by atoms with Crippen molar-refractivity contribution in [3.63, 3.8) is 0 Å². The lowest BCUT2D eigenvalue weighted by Gasteiger charge is -2.22. The van der Waals surface area contributed by atoms with Crippen LogP contribution in [0, 0.1) is 0 Å². The molecule has 1 aliphatic rings. The first kappa shape index (κ1) is 14.6. The molecule has 1 amide bonds. The first-order valence-electron chi connectivity index (χ1n) is 7.45. The van der Waals surface area contributed by atoms with Crippen LogP contribution in [0.3, 0.4) is 0 Å². The van der Waals surface area contributed by atoms with Gasteiger partial charge in [-0.25, -0.2) is 0 Å². The molecule has 0 saturated carbocycles. The van der Waals surface area contributed by atoms with E-state index in [0.29, 0.717) is 12.3 Å². The van der Waals surface area contributed by atoms with Crippen molar-refractivity contribution in [2.24, 2.45) is 0 Å². The molecule has 0 aromatic heterocycles. The van der Waals surface area contributed by atoms with E-state index >= 15 is 0 Å². The Labute approximate surface area is 130 Å². The molecule has 1 atom stereocenters. The van der Waals surface area contributed by atoms with Crippen LogP contribution in [0.2, 0.25) is 0 Å². The van der Waals surface area contributed by atoms with Crippen LogP contribution in [0.4, 0.5) is 5.69 Å². The number of hydrogen-bond donors (Lipinski definition) is 1. The lowest BCUT2D eigenvalue weighted by molar-refractivity contribution is -0.124. The van der Waals surface area contributed by atoms with E-state index in [1.165, 1.54) is 5.56 Å². The maximum atomic E-state index is 12.6. The van der Waals surface area contributed by atoms with Gasteiger partial charge in [0.1, 0.15) is 5.75 Å². The van der Waals surface area contributed by atoms with Crippen molar-refractivity contribution < 1.29 is 14.6 Å². The van der Waals surface area contributed by atoms with Gasteiger partial charge in [0.2, 0.25) is 0 Å². The molecular formula is C18H19NO3. The zero-order valence-electron chi connectivity index (χ0n) is 12.5. The van der Waals surface area contributed by atoms with Gasteiger partial charge in [-0.1, -0.05) is 30.3 Å². The number of amides is 1. The van der Waals surface area contributed by atoms with Gasteiger partial charge in [0, 0.05) is 12.2 Å². The average Bonchev–Trinajstić information content (AvgIpc) is 2.98. The average molecular weight is 297 g/mol. The number of carbonyl (C=O) groups is 1. The number of aliphatic hydroxyl groups excluding tert-OH is 1. The molecule has 114 valence electrons. The third kappa shape index (κ3) is 2.83. The van der Waals surface area contributed by atoms with Crippen molar-refractivity contribution in [1.82, 2.24) is 0 Å². The van der Waals surface area contributed by atoms with Crippen LogP contribution in [0.15, 0.2) is 48.5 Å². The number of fused-ring (bicyclic) bond motifs is 1. The molecule has 0 saturated heterocycles. The summed E-state index contributed by atoms with van der Waals surface area (Å²) in [6.45, 7) is 2.41. The number of benzene rings is 2. The molecule has 0 bridgehead atoms. The molecule has 2 aromatic rings. The molecule has 0 aliphatic carbocycles. The van der Waals surface area contributed by atoms with Gasteiger partial charge in [-0.05, 0) is 42.7 Å². The number of ether oxygens (including phenoxy) is 1. The quantitative estimate of drug-likeness (QED) is 0.943. The highest BCUT2D eigenvalue weighted by atomic mass is 16.5. The Morgan fingerprint density at radius 2 is 2.09 bits per heavy atom. The predicted molar refractivity (Wildman–Crippen MR) is 85.0 cm³/mol. The van der Waals surface area contributed by atoms with Gasteiger partial charge in [-0.15, -0.1) is 0 Å². The molecule has 1 unspecified atom stereocenters. The summed E-state index contributed by atoms with van der Waals surface area (Å²) in [5.41, 5.74) is 2.95. The minimum atomic E-state index is -0.569. The minimum absolute atomic E-state index is 0.0423. The number of anilines is 1. The number of nitrogens with zero attached hydrogens (tertiary/aromatic N) is 1. The normalized spacial score (nSPS) is 14.5. The summed E-state index contributed by atoms with van der Waals surface area (Å²) in [7, 11) is 0. The minimum Gasteiger partial charge on any atom is -0.481 e. The predicted octanol–water partition coefficient (Wildman–Crippen LogP) is 2.54. The standard InChI is InChI=1S/C18H19NO3/c1-13(22-16-7-4-5-14(11-16)12-20)18(21)19-10-9-15-6-2-3-8-17(15)19/h2-8,11,13,20H,9-10,12H2,1H3. The maximum Gasteiger partial charge on any atom is 0.267 e. The summed E-state index contributed by atoms with van der Waals surface area (Å²) in [4.78, 5) is 14.4. The Hall–Kier alpha value is -2.33. The van der Waals surface area contributed by atoms with Crippen molar-refractivity contribution >= 4 is 11.6 Å². The molecule has 1 N–H and O–H groups in total. The summed E-state index contributed by atoms with van der Waals surface area (Å²) in [5, 5.41) is 9.16. The summed E-state index contributed by atoms with van der Waals surface area (Å²) >= 11 is 0. The highest BCUT2D eigenvalue weighted by Gasteiger charge is 2.28. The lowest BCUT2D eigenvalue weighted by Crippen LogP contribution is -2.39. The van der Waals surface area contributed by atoms with E-state index in [9.17, 15) is 4.79 Å². The zero-order chi connectivity index (χ0) is 15.5. The number of hydrogen-bond acceptors (Lipinski definition) is 3. The first-order valence-corrected chi connectivity index (χ1v) is 7.45. The molecule has 1 heterocycles. The Morgan fingerprint density at radius 3 is 2.91 bits per heavy atom. The van der Waals surface area contributed by atoms with E-state index < -0.39 is 6.10 Å². The van der Waals surface area contributed by atoms with E-state index in [-0.39, 0.29) is 12.5 Å². The largest absolute Gasteiger partial charge is 0.481 e. The second-order valence-corrected chi connectivity index (χ2v) is 5.43. The Kier molecular flexibility index (Phi) is 4.11. The number of rotatable bonds is 4. The van der Waals surface area contributed by atoms with Crippen LogP contribution >= 0.6 is 0 Å². The fourth-order valence-electron chi connectivity index (χ4n) is 2.76. The summed E-state index contributed by atoms with van der Waals surface area (Å²) in [6, 6.07) is 15.1. The fourth-order valence-corrected chi connectivity index (χ4v) is 2.76. The van der Waals surface area contributed by atoms with Gasteiger partial charge in [0.15, 0.2) is 6.10 Å². The van der Waals surface area contributed by atoms with Crippen LogP contribution in [0.25, 0.3) is 0 Å². The monoisotopic (exact) mass is 297 g/mol. The maximum absolute atomic E-state index is 12.6. The topological polar surface area (TPSA) is 49.8 Å². The van der Waals surface area contributed by atoms with Crippen LogP contribution in [0.1, 0.15) is 18.1 Å². The van der Waals surface area contributed by atoms with Crippen LogP contribution < -0.4 is 9.64 Å². The third-order valence-electron chi connectivity index (χ3n) is 3.89. The molecule has 0 spiro atoms. The number of carbonyl (C=O) groups excluding carboxylic acids is 1. The molecule has 3 rings (SSSR count). The van der Waals surface area contributed by atoms with E-state index in [0.717, 1.165) is 17.7 Å². The van der Waals surface area contributed by atoms with Gasteiger partial charge in [0.05, 0.1) is 6.61 Å². The summed E-state index contributed by atoms with van der Waals surface area (Å²) in [5.74, 6) is 0.555. The van der Waals surface area contributed by atoms with Crippen LogP contribution in [0.5, 0.6) is 5.75 Å². The fraction of sp³-hybridized carbons (Fsp3) is 0.278. The SMILES string of the molecule is CC(Oc1cccc(CO)c1)C(=O)N1CCc2ccccc21. The smallest absolute Gasteiger partial charge is 0.267 e. The summed E-state index contributed by atoms with van der Waals surface area (Å²) < 4.78 is 5.74. The second kappa shape index (κ2) is 6.20. The van der Waals surface area contributed by atoms with Crippen molar-refractivity contribution in [2.75, 3.05) is 11.4 Å². The van der Waals surface area contributed by atoms with E-state index in [1.807, 2.05) is 30.3 Å². The van der Waals surface area contributed by atoms with Gasteiger partial charge in [-0.2, -0.15) is 0 Å². The second-order valence-electron chi connectivity index (χ2n) is 5.43. The van der Waals surface area contributed by atoms with Crippen molar-refractivity contribution in [3.05, 3.63) is 59.7 Å². The molecule has 4 heteroatoms. The van der Waals surface area contributed by atoms with Gasteiger partial charge in [0.25, 0.3) is 5.91 Å². The third-order valence-corrected chi connectivity index (χ3v) is 3.89. The Bertz CT molecular complexity index is 684. The van der Waals surface area contributed by atoms with Gasteiger partial charge < -0.3 is 14.7 Å². The van der Waals surface area contributed by atoms with E-state index in [1.54, 1.807) is 24.0 Å². The van der Waals surface area contributed by atoms with E-state index in [4.69, 9.17) is 9.84 Å². The number of aliphatic hydroxyl groups is 1. The molecule has 22 heavy (non-hydrogen) atoms. The van der Waals surface area contributed by atoms with Crippen LogP contribution in [-0.2, 0) is 17.8 Å². The lowest BCUT2D eigenvalue weighted by atomic mass is 10.2. The Balaban J connectivity index is 1.73. The molecule has 1 aliphatic heterocycles. The molecule has 0 fully saturated rings. The Morgan fingerprint density at radius 1 is 1.27 bits per heavy atom. The highest BCUT2D eigenvalue weighted by Crippen LogP contribution is 2.28. The first-order chi connectivity index (χ1) is 10.7. The van der Waals surface area contributed by atoms with Gasteiger partial charge in [-0.3, -0.25) is 4.79 Å². The van der Waals surface area contributed by atoms with Crippen molar-refractivity contribution in [2.45, 2.75) is 26.1 Å². The van der Waals surface area contributed by atoms with Gasteiger partial charge >= 0.3 is 0 Å². The van der Waals surface area contributed by atoms with E-state index in [2.05, 4.69) is 6.07 Å². The van der Waals surface area contributed by atoms with Crippen molar-refractivity contribution in [1.29, 1.82) is 0 Å². The highest BCUT2D eigenvalue weighted by molar-refractivity contribution is 5.98. The molecule has 4 nitrogen and oxygen atoms in total. The zero-order valence-corrected chi connectivity index (χ0v) is 12.5. The number of para-hydroxylation sites is 1. The molecular weight excluding hydrogens is 278 g/mol. The van der Waals surface area contributed by atoms with Crippen LogP contribution in [-0.4, -0.2) is 23.7 Å². The molecule has 0 radical (unpaired) electrons. The molecule has 2 aromatic carbocycles. The van der Waals surface area contributed by atoms with Crippen molar-refractivity contribution in [3.8, 4) is 5.75 Å². The summed E-state index contributed by atoms with van der Waals surface area (Å²) in [6.07, 6.45) is 0.314.